The lowest BCUT2D eigenvalue weighted by atomic mass is 10.1. The van der Waals surface area contributed by atoms with E-state index in [4.69, 9.17) is 9.47 Å². The first-order valence-electron chi connectivity index (χ1n) is 8.42. The summed E-state index contributed by atoms with van der Waals surface area (Å²) in [6.07, 6.45) is 0. The fraction of sp³-hybridized carbons (Fsp3) is 0.471. The summed E-state index contributed by atoms with van der Waals surface area (Å²) in [7, 11) is 1.79. The van der Waals surface area contributed by atoms with E-state index in [-0.39, 0.29) is 29.4 Å². The molecule has 2 rings (SSSR count). The summed E-state index contributed by atoms with van der Waals surface area (Å²) >= 11 is 1.30. The third-order valence-corrected chi connectivity index (χ3v) is 5.25. The molecule has 1 heterocycles. The summed E-state index contributed by atoms with van der Waals surface area (Å²) in [6, 6.07) is 5.80. The molecule has 0 unspecified atom stereocenters. The number of carbonyl (C=O) groups excluding carboxylic acids is 1. The summed E-state index contributed by atoms with van der Waals surface area (Å²) in [6.45, 7) is 6.15. The first kappa shape index (κ1) is 20.7. The van der Waals surface area contributed by atoms with Crippen LogP contribution in [-0.4, -0.2) is 37.5 Å². The number of hydrogen-bond acceptors (Lipinski definition) is 8. The van der Waals surface area contributed by atoms with Crippen LogP contribution in [0.5, 0.6) is 5.75 Å². The molecular formula is C17H22N4O5S. The molecule has 146 valence electrons. The molecule has 0 fully saturated rings. The quantitative estimate of drug-likeness (QED) is 0.276. The van der Waals surface area contributed by atoms with E-state index >= 15 is 0 Å². The summed E-state index contributed by atoms with van der Waals surface area (Å²) in [5.41, 5.74) is -0.00149. The van der Waals surface area contributed by atoms with Crippen LogP contribution in [0, 0.1) is 16.0 Å². The maximum atomic E-state index is 12.1. The van der Waals surface area contributed by atoms with Crippen molar-refractivity contribution < 1.29 is 19.2 Å². The van der Waals surface area contributed by atoms with Crippen LogP contribution in [-0.2, 0) is 23.2 Å². The van der Waals surface area contributed by atoms with Gasteiger partial charge in [-0.1, -0.05) is 25.6 Å². The Bertz CT molecular complexity index is 791. The number of nitro benzene ring substituents is 1. The van der Waals surface area contributed by atoms with Crippen molar-refractivity contribution >= 4 is 23.4 Å². The second-order valence-corrected chi connectivity index (χ2v) is 7.14. The topological polar surface area (TPSA) is 109 Å². The van der Waals surface area contributed by atoms with Crippen molar-refractivity contribution in [1.82, 2.24) is 14.8 Å². The average Bonchev–Trinajstić information content (AvgIpc) is 2.97. The van der Waals surface area contributed by atoms with E-state index in [9.17, 15) is 14.9 Å². The molecular weight excluding hydrogens is 372 g/mol. The first-order chi connectivity index (χ1) is 12.8. The molecule has 1 aromatic heterocycles. The highest BCUT2D eigenvalue weighted by atomic mass is 32.2. The lowest BCUT2D eigenvalue weighted by molar-refractivity contribution is -0.384. The van der Waals surface area contributed by atoms with Crippen LogP contribution in [0.4, 0.5) is 5.69 Å². The molecule has 0 spiro atoms. The van der Waals surface area contributed by atoms with E-state index in [1.54, 1.807) is 18.5 Å². The minimum atomic E-state index is -0.468. The zero-order valence-corrected chi connectivity index (χ0v) is 16.4. The largest absolute Gasteiger partial charge is 0.486 e. The highest BCUT2D eigenvalue weighted by Gasteiger charge is 2.27. The maximum Gasteiger partial charge on any atom is 0.319 e. The molecule has 0 radical (unpaired) electrons. The Morgan fingerprint density at radius 3 is 2.52 bits per heavy atom. The van der Waals surface area contributed by atoms with Gasteiger partial charge >= 0.3 is 5.97 Å². The number of carbonyl (C=O) groups is 1. The molecule has 1 aromatic carbocycles. The van der Waals surface area contributed by atoms with Crippen LogP contribution in [0.3, 0.4) is 0 Å². The number of nitro groups is 1. The van der Waals surface area contributed by atoms with Crippen molar-refractivity contribution in [2.24, 2.45) is 13.0 Å². The van der Waals surface area contributed by atoms with Crippen molar-refractivity contribution in [2.75, 3.05) is 6.61 Å². The van der Waals surface area contributed by atoms with Gasteiger partial charge < -0.3 is 14.0 Å². The number of non-ortho nitro benzene ring substituents is 1. The van der Waals surface area contributed by atoms with Crippen LogP contribution >= 0.6 is 11.8 Å². The Labute approximate surface area is 161 Å². The molecule has 1 atom stereocenters. The molecule has 0 N–H and O–H groups in total. The third-order valence-electron chi connectivity index (χ3n) is 3.70. The molecule has 0 aliphatic rings. The number of ether oxygens (including phenoxy) is 2. The van der Waals surface area contributed by atoms with Crippen molar-refractivity contribution in [3.8, 4) is 5.75 Å². The van der Waals surface area contributed by atoms with E-state index in [1.165, 1.54) is 36.0 Å². The third kappa shape index (κ3) is 5.43. The van der Waals surface area contributed by atoms with Crippen LogP contribution in [0.2, 0.25) is 0 Å². The lowest BCUT2D eigenvalue weighted by Gasteiger charge is -2.17. The van der Waals surface area contributed by atoms with Gasteiger partial charge in [-0.2, -0.15) is 0 Å². The van der Waals surface area contributed by atoms with Crippen molar-refractivity contribution in [2.45, 2.75) is 37.8 Å². The van der Waals surface area contributed by atoms with Gasteiger partial charge in [0.1, 0.15) is 17.6 Å². The highest BCUT2D eigenvalue weighted by molar-refractivity contribution is 8.00. The second kappa shape index (κ2) is 9.36. The fourth-order valence-electron chi connectivity index (χ4n) is 2.18. The van der Waals surface area contributed by atoms with Crippen LogP contribution < -0.4 is 4.74 Å². The van der Waals surface area contributed by atoms with E-state index in [0.717, 1.165) is 0 Å². The van der Waals surface area contributed by atoms with Gasteiger partial charge in [-0.25, -0.2) is 0 Å². The van der Waals surface area contributed by atoms with Gasteiger partial charge in [-0.05, 0) is 25.0 Å². The normalized spacial score (nSPS) is 12.0. The molecule has 0 aliphatic heterocycles. The number of rotatable bonds is 9. The summed E-state index contributed by atoms with van der Waals surface area (Å²) < 4.78 is 12.5. The Morgan fingerprint density at radius 2 is 1.96 bits per heavy atom. The predicted octanol–water partition coefficient (Wildman–Crippen LogP) is 2.98. The predicted molar refractivity (Wildman–Crippen MR) is 99.5 cm³/mol. The maximum absolute atomic E-state index is 12.1. The summed E-state index contributed by atoms with van der Waals surface area (Å²) in [4.78, 5) is 22.3. The number of esters is 1. The van der Waals surface area contributed by atoms with E-state index in [0.29, 0.717) is 23.3 Å². The minimum Gasteiger partial charge on any atom is -0.486 e. The molecule has 0 saturated heterocycles. The van der Waals surface area contributed by atoms with E-state index in [1.807, 2.05) is 13.8 Å². The van der Waals surface area contributed by atoms with Gasteiger partial charge in [0.2, 0.25) is 0 Å². The van der Waals surface area contributed by atoms with Gasteiger partial charge in [0.25, 0.3) is 5.69 Å². The second-order valence-electron chi connectivity index (χ2n) is 6.03. The van der Waals surface area contributed by atoms with Crippen molar-refractivity contribution in [3.05, 3.63) is 40.2 Å². The van der Waals surface area contributed by atoms with Gasteiger partial charge in [0.15, 0.2) is 11.0 Å². The number of hydrogen-bond donors (Lipinski definition) is 0. The minimum absolute atomic E-state index is 0.00149. The molecule has 10 heteroatoms. The molecule has 0 bridgehead atoms. The smallest absolute Gasteiger partial charge is 0.319 e. The zero-order chi connectivity index (χ0) is 20.0. The monoisotopic (exact) mass is 394 g/mol. The van der Waals surface area contributed by atoms with E-state index < -0.39 is 4.92 Å². The van der Waals surface area contributed by atoms with Crippen LogP contribution in [0.15, 0.2) is 29.4 Å². The Kier molecular flexibility index (Phi) is 7.17. The zero-order valence-electron chi connectivity index (χ0n) is 15.6. The summed E-state index contributed by atoms with van der Waals surface area (Å²) in [5.74, 6) is 0.862. The SMILES string of the molecule is CCOC(=O)[C@H](Sc1nnc(COc2ccc([N+](=O)[O-])cc2)n1C)C(C)C. The van der Waals surface area contributed by atoms with Gasteiger partial charge in [-0.3, -0.25) is 14.9 Å². The first-order valence-corrected chi connectivity index (χ1v) is 9.30. The number of thioether (sulfide) groups is 1. The molecule has 2 aromatic rings. The fourth-order valence-corrected chi connectivity index (χ4v) is 3.19. The standard InChI is InChI=1S/C17H22N4O5S/c1-5-25-16(22)15(11(2)3)27-17-19-18-14(20(17)4)10-26-13-8-6-12(7-9-13)21(23)24/h6-9,11,15H,5,10H2,1-4H3/t15-/m1/s1. The van der Waals surface area contributed by atoms with Crippen LogP contribution in [0.25, 0.3) is 0 Å². The molecule has 0 aliphatic carbocycles. The van der Waals surface area contributed by atoms with Gasteiger partial charge in [-0.15, -0.1) is 10.2 Å². The van der Waals surface area contributed by atoms with E-state index in [2.05, 4.69) is 10.2 Å². The van der Waals surface area contributed by atoms with Crippen molar-refractivity contribution in [1.29, 1.82) is 0 Å². The van der Waals surface area contributed by atoms with Gasteiger partial charge in [0, 0.05) is 19.2 Å². The molecule has 0 saturated carbocycles. The average molecular weight is 394 g/mol. The number of aromatic nitrogens is 3. The Balaban J connectivity index is 2.03. The van der Waals surface area contributed by atoms with Crippen molar-refractivity contribution in [3.63, 3.8) is 0 Å². The lowest BCUT2D eigenvalue weighted by Crippen LogP contribution is -2.26. The Hall–Kier alpha value is -2.62. The number of nitrogens with zero attached hydrogens (tertiary/aromatic N) is 4. The number of benzene rings is 1. The van der Waals surface area contributed by atoms with Gasteiger partial charge in [0.05, 0.1) is 11.5 Å². The summed E-state index contributed by atoms with van der Waals surface area (Å²) in [5, 5.41) is 19.1. The Morgan fingerprint density at radius 1 is 1.30 bits per heavy atom. The molecule has 9 nitrogen and oxygen atoms in total. The molecule has 27 heavy (non-hydrogen) atoms. The molecule has 0 amide bonds. The van der Waals surface area contributed by atoms with Crippen LogP contribution in [0.1, 0.15) is 26.6 Å². The highest BCUT2D eigenvalue weighted by Crippen LogP contribution is 2.28.